The molecular formula is C16H18ClNO3. The molecule has 1 amide bonds. The molecule has 0 saturated heterocycles. The van der Waals surface area contributed by atoms with Gasteiger partial charge in [0.1, 0.15) is 12.4 Å². The molecule has 1 unspecified atom stereocenters. The van der Waals surface area contributed by atoms with Crippen molar-refractivity contribution in [1.29, 1.82) is 0 Å². The van der Waals surface area contributed by atoms with Crippen LogP contribution in [0.1, 0.15) is 41.3 Å². The van der Waals surface area contributed by atoms with E-state index in [1.807, 2.05) is 31.2 Å². The summed E-state index contributed by atoms with van der Waals surface area (Å²) in [7, 11) is 1.58. The molecule has 5 heteroatoms. The highest BCUT2D eigenvalue weighted by Gasteiger charge is 2.17. The largest absolute Gasteiger partial charge is 0.453 e. The molecule has 0 saturated carbocycles. The Labute approximate surface area is 129 Å². The Morgan fingerprint density at radius 2 is 2.19 bits per heavy atom. The van der Waals surface area contributed by atoms with Gasteiger partial charge in [0.25, 0.3) is 5.91 Å². The maximum atomic E-state index is 12.2. The van der Waals surface area contributed by atoms with Crippen LogP contribution < -0.4 is 5.32 Å². The molecule has 0 fully saturated rings. The minimum absolute atomic E-state index is 0.104. The van der Waals surface area contributed by atoms with Crippen LogP contribution in [0.3, 0.4) is 0 Å². The molecule has 0 spiro atoms. The van der Waals surface area contributed by atoms with Gasteiger partial charge in [-0.1, -0.05) is 30.7 Å². The number of halogens is 1. The zero-order valence-electron chi connectivity index (χ0n) is 12.1. The lowest BCUT2D eigenvalue weighted by molar-refractivity contribution is 0.0899. The average molecular weight is 308 g/mol. The lowest BCUT2D eigenvalue weighted by atomic mass is 10.0. The summed E-state index contributed by atoms with van der Waals surface area (Å²) in [6.45, 7) is 2.35. The fourth-order valence-electron chi connectivity index (χ4n) is 2.09. The maximum Gasteiger partial charge on any atom is 0.287 e. The molecule has 1 N–H and O–H groups in total. The third-order valence-corrected chi connectivity index (χ3v) is 3.37. The van der Waals surface area contributed by atoms with Crippen molar-refractivity contribution in [2.75, 3.05) is 7.11 Å². The van der Waals surface area contributed by atoms with Crippen molar-refractivity contribution in [1.82, 2.24) is 5.32 Å². The van der Waals surface area contributed by atoms with Crippen molar-refractivity contribution >= 4 is 17.5 Å². The van der Waals surface area contributed by atoms with Crippen LogP contribution in [0.25, 0.3) is 0 Å². The molecule has 1 atom stereocenters. The second-order valence-corrected chi connectivity index (χ2v) is 5.12. The normalized spacial score (nSPS) is 12.1. The fraction of sp³-hybridized carbons (Fsp3) is 0.312. The molecule has 4 nitrogen and oxygen atoms in total. The van der Waals surface area contributed by atoms with Gasteiger partial charge in [-0.2, -0.15) is 0 Å². The summed E-state index contributed by atoms with van der Waals surface area (Å²) in [5.74, 6) is 0.658. The number of ether oxygens (including phenoxy) is 1. The standard InChI is InChI=1S/C16H18ClNO3/c1-3-14(11-5-4-6-12(17)9-11)18-16(19)15-8-7-13(21-15)10-20-2/h4-9,14H,3,10H2,1-2H3,(H,18,19). The van der Waals surface area contributed by atoms with E-state index >= 15 is 0 Å². The van der Waals surface area contributed by atoms with Crippen molar-refractivity contribution in [3.05, 3.63) is 58.5 Å². The second-order valence-electron chi connectivity index (χ2n) is 4.69. The van der Waals surface area contributed by atoms with Gasteiger partial charge in [0.05, 0.1) is 6.04 Å². The van der Waals surface area contributed by atoms with Crippen molar-refractivity contribution in [3.63, 3.8) is 0 Å². The van der Waals surface area contributed by atoms with Gasteiger partial charge < -0.3 is 14.5 Å². The molecule has 1 heterocycles. The Bertz CT molecular complexity index is 609. The molecule has 0 bridgehead atoms. The molecule has 1 aromatic carbocycles. The number of methoxy groups -OCH3 is 1. The lowest BCUT2D eigenvalue weighted by Crippen LogP contribution is -2.27. The van der Waals surface area contributed by atoms with Gasteiger partial charge in [-0.15, -0.1) is 0 Å². The van der Waals surface area contributed by atoms with Crippen LogP contribution in [0.5, 0.6) is 0 Å². The summed E-state index contributed by atoms with van der Waals surface area (Å²) in [5.41, 5.74) is 0.974. The maximum absolute atomic E-state index is 12.2. The van der Waals surface area contributed by atoms with Gasteiger partial charge in [-0.3, -0.25) is 4.79 Å². The average Bonchev–Trinajstić information content (AvgIpc) is 2.93. The number of carbonyl (C=O) groups excluding carboxylic acids is 1. The van der Waals surface area contributed by atoms with Crippen LogP contribution >= 0.6 is 11.6 Å². The summed E-state index contributed by atoms with van der Waals surface area (Å²) in [6, 6.07) is 10.8. The quantitative estimate of drug-likeness (QED) is 0.879. The Hall–Kier alpha value is -1.78. The number of hydrogen-bond donors (Lipinski definition) is 1. The van der Waals surface area contributed by atoms with Crippen LogP contribution in [0.15, 0.2) is 40.8 Å². The van der Waals surface area contributed by atoms with Gasteiger partial charge >= 0.3 is 0 Å². The molecule has 0 aliphatic rings. The molecule has 0 aliphatic carbocycles. The summed E-state index contributed by atoms with van der Waals surface area (Å²) in [4.78, 5) is 12.2. The van der Waals surface area contributed by atoms with Gasteiger partial charge in [0.2, 0.25) is 0 Å². The van der Waals surface area contributed by atoms with E-state index in [2.05, 4.69) is 5.32 Å². The van der Waals surface area contributed by atoms with Crippen molar-refractivity contribution in [2.24, 2.45) is 0 Å². The molecule has 2 rings (SSSR count). The predicted octanol–water partition coefficient (Wildman–Crippen LogP) is 3.96. The van der Waals surface area contributed by atoms with Crippen LogP contribution in [0.4, 0.5) is 0 Å². The van der Waals surface area contributed by atoms with E-state index < -0.39 is 0 Å². The Balaban J connectivity index is 2.08. The summed E-state index contributed by atoms with van der Waals surface area (Å²) < 4.78 is 10.4. The van der Waals surface area contributed by atoms with E-state index in [1.54, 1.807) is 19.2 Å². The number of rotatable bonds is 6. The fourth-order valence-corrected chi connectivity index (χ4v) is 2.29. The topological polar surface area (TPSA) is 51.5 Å². The van der Waals surface area contributed by atoms with E-state index in [-0.39, 0.29) is 17.7 Å². The molecular weight excluding hydrogens is 290 g/mol. The van der Waals surface area contributed by atoms with Crippen LogP contribution in [-0.4, -0.2) is 13.0 Å². The molecule has 0 radical (unpaired) electrons. The molecule has 2 aromatic rings. The number of furan rings is 1. The zero-order chi connectivity index (χ0) is 15.2. The molecule has 1 aromatic heterocycles. The zero-order valence-corrected chi connectivity index (χ0v) is 12.8. The van der Waals surface area contributed by atoms with Crippen molar-refractivity contribution < 1.29 is 13.9 Å². The van der Waals surface area contributed by atoms with Gasteiger partial charge in [-0.25, -0.2) is 0 Å². The Kier molecular flexibility index (Phi) is 5.42. The molecule has 21 heavy (non-hydrogen) atoms. The first-order valence-corrected chi connectivity index (χ1v) is 7.15. The number of hydrogen-bond acceptors (Lipinski definition) is 3. The van der Waals surface area contributed by atoms with Crippen LogP contribution in [0, 0.1) is 0 Å². The summed E-state index contributed by atoms with van der Waals surface area (Å²) in [5, 5.41) is 3.60. The number of benzene rings is 1. The van der Waals surface area contributed by atoms with E-state index in [9.17, 15) is 4.79 Å². The second kappa shape index (κ2) is 7.29. The van der Waals surface area contributed by atoms with Crippen molar-refractivity contribution in [2.45, 2.75) is 26.0 Å². The minimum Gasteiger partial charge on any atom is -0.453 e. The highest BCUT2D eigenvalue weighted by molar-refractivity contribution is 6.30. The summed E-state index contributed by atoms with van der Waals surface area (Å²) in [6.07, 6.45) is 0.762. The van der Waals surface area contributed by atoms with E-state index in [1.165, 1.54) is 0 Å². The van der Waals surface area contributed by atoms with E-state index in [0.29, 0.717) is 17.4 Å². The Morgan fingerprint density at radius 3 is 2.86 bits per heavy atom. The Morgan fingerprint density at radius 1 is 1.38 bits per heavy atom. The first kappa shape index (κ1) is 15.6. The smallest absolute Gasteiger partial charge is 0.287 e. The van der Waals surface area contributed by atoms with Crippen molar-refractivity contribution in [3.8, 4) is 0 Å². The van der Waals surface area contributed by atoms with Gasteiger partial charge in [0, 0.05) is 12.1 Å². The number of carbonyl (C=O) groups is 1. The van der Waals surface area contributed by atoms with Crippen LogP contribution in [0.2, 0.25) is 5.02 Å². The third kappa shape index (κ3) is 4.09. The first-order chi connectivity index (χ1) is 10.1. The van der Waals surface area contributed by atoms with Gasteiger partial charge in [-0.05, 0) is 36.2 Å². The van der Waals surface area contributed by atoms with E-state index in [0.717, 1.165) is 12.0 Å². The highest BCUT2D eigenvalue weighted by Crippen LogP contribution is 2.21. The highest BCUT2D eigenvalue weighted by atomic mass is 35.5. The third-order valence-electron chi connectivity index (χ3n) is 3.14. The van der Waals surface area contributed by atoms with Gasteiger partial charge in [0.15, 0.2) is 5.76 Å². The lowest BCUT2D eigenvalue weighted by Gasteiger charge is -2.17. The first-order valence-electron chi connectivity index (χ1n) is 6.78. The van der Waals surface area contributed by atoms with E-state index in [4.69, 9.17) is 20.8 Å². The molecule has 0 aliphatic heterocycles. The van der Waals surface area contributed by atoms with Crippen LogP contribution in [-0.2, 0) is 11.3 Å². The number of amides is 1. The summed E-state index contributed by atoms with van der Waals surface area (Å²) >= 11 is 5.99. The molecule has 112 valence electrons. The number of nitrogens with one attached hydrogen (secondary N) is 1. The minimum atomic E-state index is -0.246. The monoisotopic (exact) mass is 307 g/mol. The predicted molar refractivity (Wildman–Crippen MR) is 81.4 cm³/mol. The SMILES string of the molecule is CCC(NC(=O)c1ccc(COC)o1)c1cccc(Cl)c1.